The molecular formula is C14H34. The Morgan fingerprint density at radius 3 is 1.79 bits per heavy atom. The molecule has 0 radical (unpaired) electrons. The Kier molecular flexibility index (Phi) is 18.2. The van der Waals surface area contributed by atoms with Gasteiger partial charge in [-0.25, -0.2) is 0 Å². The van der Waals surface area contributed by atoms with Crippen LogP contribution in [0.25, 0.3) is 0 Å². The molecule has 1 atom stereocenters. The lowest BCUT2D eigenvalue weighted by atomic mass is 9.91. The van der Waals surface area contributed by atoms with Crippen molar-refractivity contribution in [2.45, 2.75) is 81.1 Å². The number of hydrogen-bond donors (Lipinski definition) is 0. The van der Waals surface area contributed by atoms with Gasteiger partial charge in [0.25, 0.3) is 0 Å². The van der Waals surface area contributed by atoms with Gasteiger partial charge in [0.1, 0.15) is 0 Å². The SMILES string of the molecule is C.C.CCCCC(CC)CCC(C)C. The van der Waals surface area contributed by atoms with Crippen molar-refractivity contribution in [3.8, 4) is 0 Å². The molecule has 0 aliphatic heterocycles. The van der Waals surface area contributed by atoms with E-state index in [1.807, 2.05) is 0 Å². The first-order valence-electron chi connectivity index (χ1n) is 5.70. The highest BCUT2D eigenvalue weighted by Gasteiger charge is 2.06. The second-order valence-electron chi connectivity index (χ2n) is 4.39. The van der Waals surface area contributed by atoms with Crippen molar-refractivity contribution >= 4 is 0 Å². The molecule has 0 aromatic rings. The Bertz CT molecular complexity index is 84.0. The maximum absolute atomic E-state index is 2.33. The van der Waals surface area contributed by atoms with Gasteiger partial charge < -0.3 is 0 Å². The molecule has 14 heavy (non-hydrogen) atoms. The molecule has 0 amide bonds. The fourth-order valence-corrected chi connectivity index (χ4v) is 1.61. The van der Waals surface area contributed by atoms with Crippen molar-refractivity contribution in [3.63, 3.8) is 0 Å². The topological polar surface area (TPSA) is 0 Å². The zero-order valence-electron chi connectivity index (χ0n) is 9.40. The maximum atomic E-state index is 2.33. The van der Waals surface area contributed by atoms with Crippen molar-refractivity contribution in [3.05, 3.63) is 0 Å². The lowest BCUT2D eigenvalue weighted by Gasteiger charge is -2.15. The summed E-state index contributed by atoms with van der Waals surface area (Å²) in [6, 6.07) is 0. The molecule has 90 valence electrons. The molecule has 1 unspecified atom stereocenters. The van der Waals surface area contributed by atoms with Gasteiger partial charge in [0.05, 0.1) is 0 Å². The summed E-state index contributed by atoms with van der Waals surface area (Å²) in [6.07, 6.45) is 8.50. The quantitative estimate of drug-likeness (QED) is 0.481. The van der Waals surface area contributed by atoms with Crippen LogP contribution < -0.4 is 0 Å². The zero-order valence-corrected chi connectivity index (χ0v) is 9.40. The Labute approximate surface area is 93.5 Å². The van der Waals surface area contributed by atoms with Gasteiger partial charge in [0.15, 0.2) is 0 Å². The standard InChI is InChI=1S/C12H26.2CH4/c1-5-7-8-12(6-2)10-9-11(3)4;;/h11-12H,5-10H2,1-4H3;2*1H4. The summed E-state index contributed by atoms with van der Waals surface area (Å²) < 4.78 is 0. The lowest BCUT2D eigenvalue weighted by molar-refractivity contribution is 0.381. The molecule has 0 saturated carbocycles. The van der Waals surface area contributed by atoms with Gasteiger partial charge in [-0.15, -0.1) is 0 Å². The smallest absolute Gasteiger partial charge is 0.0417 e. The normalized spacial score (nSPS) is 11.8. The van der Waals surface area contributed by atoms with E-state index in [2.05, 4.69) is 27.7 Å². The van der Waals surface area contributed by atoms with Crippen molar-refractivity contribution in [1.82, 2.24) is 0 Å². The molecule has 0 heterocycles. The van der Waals surface area contributed by atoms with Crippen molar-refractivity contribution in [2.24, 2.45) is 11.8 Å². The van der Waals surface area contributed by atoms with Crippen LogP contribution in [0.15, 0.2) is 0 Å². The highest BCUT2D eigenvalue weighted by molar-refractivity contribution is 4.58. The Hall–Kier alpha value is 0. The Morgan fingerprint density at radius 1 is 0.857 bits per heavy atom. The number of hydrogen-bond acceptors (Lipinski definition) is 0. The van der Waals surface area contributed by atoms with E-state index in [9.17, 15) is 0 Å². The van der Waals surface area contributed by atoms with E-state index in [0.717, 1.165) is 11.8 Å². The molecule has 0 heteroatoms. The van der Waals surface area contributed by atoms with E-state index in [-0.39, 0.29) is 14.9 Å². The van der Waals surface area contributed by atoms with E-state index in [1.165, 1.54) is 38.5 Å². The third-order valence-corrected chi connectivity index (χ3v) is 2.70. The van der Waals surface area contributed by atoms with Crippen LogP contribution >= 0.6 is 0 Å². The molecule has 0 bridgehead atoms. The summed E-state index contributed by atoms with van der Waals surface area (Å²) in [6.45, 7) is 9.27. The van der Waals surface area contributed by atoms with E-state index in [1.54, 1.807) is 0 Å². The van der Waals surface area contributed by atoms with E-state index in [0.29, 0.717) is 0 Å². The average molecular weight is 202 g/mol. The molecular weight excluding hydrogens is 168 g/mol. The van der Waals surface area contributed by atoms with Crippen LogP contribution in [-0.2, 0) is 0 Å². The Balaban J connectivity index is -0.000000605. The van der Waals surface area contributed by atoms with Gasteiger partial charge in [-0.3, -0.25) is 0 Å². The third kappa shape index (κ3) is 12.0. The molecule has 0 aromatic heterocycles. The number of rotatable bonds is 7. The summed E-state index contributed by atoms with van der Waals surface area (Å²) in [5.74, 6) is 1.90. The molecule has 0 aliphatic carbocycles. The van der Waals surface area contributed by atoms with Crippen LogP contribution in [0.1, 0.15) is 81.1 Å². The lowest BCUT2D eigenvalue weighted by Crippen LogP contribution is -2.01. The maximum Gasteiger partial charge on any atom is -0.0417 e. The first-order chi connectivity index (χ1) is 5.70. The summed E-state index contributed by atoms with van der Waals surface area (Å²) in [7, 11) is 0. The minimum absolute atomic E-state index is 0. The molecule has 0 aliphatic rings. The van der Waals surface area contributed by atoms with Crippen LogP contribution in [0.2, 0.25) is 0 Å². The first kappa shape index (κ1) is 19.6. The van der Waals surface area contributed by atoms with Gasteiger partial charge in [-0.1, -0.05) is 81.1 Å². The van der Waals surface area contributed by atoms with Gasteiger partial charge in [0, 0.05) is 0 Å². The summed E-state index contributed by atoms with van der Waals surface area (Å²) in [4.78, 5) is 0. The van der Waals surface area contributed by atoms with Crippen LogP contribution in [0.3, 0.4) is 0 Å². The molecule has 0 nitrogen and oxygen atoms in total. The highest BCUT2D eigenvalue weighted by Crippen LogP contribution is 2.20. The van der Waals surface area contributed by atoms with Crippen LogP contribution in [0, 0.1) is 11.8 Å². The van der Waals surface area contributed by atoms with Crippen LogP contribution in [0.4, 0.5) is 0 Å². The molecule has 0 N–H and O–H groups in total. The third-order valence-electron chi connectivity index (χ3n) is 2.70. The van der Waals surface area contributed by atoms with Crippen LogP contribution in [-0.4, -0.2) is 0 Å². The largest absolute Gasteiger partial charge is 0.0776 e. The van der Waals surface area contributed by atoms with E-state index < -0.39 is 0 Å². The summed E-state index contributed by atoms with van der Waals surface area (Å²) in [5, 5.41) is 0. The van der Waals surface area contributed by atoms with Gasteiger partial charge >= 0.3 is 0 Å². The predicted octanol–water partition coefficient (Wildman–Crippen LogP) is 5.91. The minimum atomic E-state index is 0. The van der Waals surface area contributed by atoms with E-state index >= 15 is 0 Å². The predicted molar refractivity (Wildman–Crippen MR) is 70.8 cm³/mol. The number of unbranched alkanes of at least 4 members (excludes halogenated alkanes) is 1. The summed E-state index contributed by atoms with van der Waals surface area (Å²) >= 11 is 0. The zero-order chi connectivity index (χ0) is 9.40. The van der Waals surface area contributed by atoms with Crippen molar-refractivity contribution in [1.29, 1.82) is 0 Å². The molecule has 0 spiro atoms. The summed E-state index contributed by atoms with van der Waals surface area (Å²) in [5.41, 5.74) is 0. The van der Waals surface area contributed by atoms with Crippen molar-refractivity contribution < 1.29 is 0 Å². The van der Waals surface area contributed by atoms with E-state index in [4.69, 9.17) is 0 Å². The monoisotopic (exact) mass is 202 g/mol. The fourth-order valence-electron chi connectivity index (χ4n) is 1.61. The Morgan fingerprint density at radius 2 is 1.43 bits per heavy atom. The van der Waals surface area contributed by atoms with Gasteiger partial charge in [-0.05, 0) is 11.8 Å². The first-order valence-corrected chi connectivity index (χ1v) is 5.70. The van der Waals surface area contributed by atoms with Gasteiger partial charge in [0.2, 0.25) is 0 Å². The van der Waals surface area contributed by atoms with Crippen molar-refractivity contribution in [2.75, 3.05) is 0 Å². The molecule has 0 rings (SSSR count). The fraction of sp³-hybridized carbons (Fsp3) is 1.00. The highest BCUT2D eigenvalue weighted by atomic mass is 14.1. The van der Waals surface area contributed by atoms with Gasteiger partial charge in [-0.2, -0.15) is 0 Å². The molecule has 0 fully saturated rings. The average Bonchev–Trinajstić information content (AvgIpc) is 2.05. The minimum Gasteiger partial charge on any atom is -0.0776 e. The van der Waals surface area contributed by atoms with Crippen LogP contribution in [0.5, 0.6) is 0 Å². The second kappa shape index (κ2) is 13.0. The molecule has 0 saturated heterocycles. The molecule has 0 aromatic carbocycles. The second-order valence-corrected chi connectivity index (χ2v) is 4.39.